The molecule has 0 spiro atoms. The first-order chi connectivity index (χ1) is 13.8. The van der Waals surface area contributed by atoms with Crippen LogP contribution >= 0.6 is 0 Å². The van der Waals surface area contributed by atoms with Crippen molar-refractivity contribution in [3.63, 3.8) is 0 Å². The molecule has 6 heteroatoms. The summed E-state index contributed by atoms with van der Waals surface area (Å²) in [5.74, 6) is 0. The van der Waals surface area contributed by atoms with Crippen LogP contribution < -0.4 is 0 Å². The van der Waals surface area contributed by atoms with Gasteiger partial charge in [-0.15, -0.1) is 0 Å². The molecule has 1 saturated heterocycles. The number of nitrogens with zero attached hydrogens (tertiary/aromatic N) is 5. The quantitative estimate of drug-likeness (QED) is 0.654. The molecule has 0 amide bonds. The molecular weight excluding hydrogens is 350 g/mol. The number of hydrogen-bond donors (Lipinski definition) is 1. The zero-order valence-electron chi connectivity index (χ0n) is 16.3. The third kappa shape index (κ3) is 4.34. The standard InChI is InChI=1S/C22H29N5O/c28-17-20-9-4-5-12-25(20)15-16-26-18-23-22(19-7-2-1-3-8-19)21(26)10-14-27-13-6-11-24-27/h1-3,6-8,11,13,18,20,28H,4-5,9-10,12,14-17H2. The van der Waals surface area contributed by atoms with Crippen LogP contribution in [0.3, 0.4) is 0 Å². The van der Waals surface area contributed by atoms with E-state index < -0.39 is 0 Å². The Morgan fingerprint density at radius 2 is 1.93 bits per heavy atom. The minimum absolute atomic E-state index is 0.255. The van der Waals surface area contributed by atoms with Crippen LogP contribution in [0.25, 0.3) is 11.3 Å². The van der Waals surface area contributed by atoms with Crippen molar-refractivity contribution >= 4 is 0 Å². The smallest absolute Gasteiger partial charge is 0.0956 e. The number of piperidine rings is 1. The molecule has 1 unspecified atom stereocenters. The van der Waals surface area contributed by atoms with Crippen molar-refractivity contribution < 1.29 is 5.11 Å². The maximum atomic E-state index is 9.69. The summed E-state index contributed by atoms with van der Waals surface area (Å²) in [4.78, 5) is 7.19. The number of imidazole rings is 1. The van der Waals surface area contributed by atoms with Gasteiger partial charge in [0, 0.05) is 55.7 Å². The van der Waals surface area contributed by atoms with E-state index in [1.807, 2.05) is 35.5 Å². The average molecular weight is 380 g/mol. The monoisotopic (exact) mass is 379 g/mol. The van der Waals surface area contributed by atoms with Crippen molar-refractivity contribution in [1.82, 2.24) is 24.2 Å². The third-order valence-corrected chi connectivity index (χ3v) is 5.72. The first kappa shape index (κ1) is 18.9. The van der Waals surface area contributed by atoms with Crippen molar-refractivity contribution in [2.24, 2.45) is 0 Å². The molecule has 0 radical (unpaired) electrons. The highest BCUT2D eigenvalue weighted by Crippen LogP contribution is 2.23. The van der Waals surface area contributed by atoms with Crippen molar-refractivity contribution in [3.05, 3.63) is 60.8 Å². The van der Waals surface area contributed by atoms with Gasteiger partial charge in [-0.3, -0.25) is 9.58 Å². The lowest BCUT2D eigenvalue weighted by molar-refractivity contribution is 0.0869. The summed E-state index contributed by atoms with van der Waals surface area (Å²) in [6.07, 6.45) is 10.2. The first-order valence-electron chi connectivity index (χ1n) is 10.3. The number of aromatic nitrogens is 4. The van der Waals surface area contributed by atoms with Gasteiger partial charge in [-0.25, -0.2) is 4.98 Å². The topological polar surface area (TPSA) is 59.1 Å². The van der Waals surface area contributed by atoms with Crippen LogP contribution in [-0.4, -0.2) is 55.1 Å². The highest BCUT2D eigenvalue weighted by atomic mass is 16.3. The van der Waals surface area contributed by atoms with Gasteiger partial charge < -0.3 is 9.67 Å². The minimum atomic E-state index is 0.255. The molecule has 148 valence electrons. The molecule has 3 heterocycles. The van der Waals surface area contributed by atoms with E-state index in [2.05, 4.69) is 38.8 Å². The molecule has 1 aromatic carbocycles. The number of aliphatic hydroxyl groups is 1. The van der Waals surface area contributed by atoms with E-state index in [4.69, 9.17) is 4.98 Å². The molecule has 2 aromatic heterocycles. The predicted molar refractivity (Wildman–Crippen MR) is 110 cm³/mol. The normalized spacial score (nSPS) is 17.8. The second-order valence-corrected chi connectivity index (χ2v) is 7.49. The molecule has 3 aromatic rings. The molecule has 1 aliphatic heterocycles. The number of hydrogen-bond acceptors (Lipinski definition) is 4. The molecular formula is C22H29N5O. The number of aryl methyl sites for hydroxylation is 1. The van der Waals surface area contributed by atoms with Gasteiger partial charge in [0.25, 0.3) is 0 Å². The summed E-state index contributed by atoms with van der Waals surface area (Å²) < 4.78 is 4.26. The number of aliphatic hydroxyl groups excluding tert-OH is 1. The fraction of sp³-hybridized carbons (Fsp3) is 0.455. The van der Waals surface area contributed by atoms with Crippen LogP contribution in [0.4, 0.5) is 0 Å². The van der Waals surface area contributed by atoms with Gasteiger partial charge in [0.15, 0.2) is 0 Å². The van der Waals surface area contributed by atoms with Crippen molar-refractivity contribution in [2.75, 3.05) is 19.7 Å². The Morgan fingerprint density at radius 3 is 2.71 bits per heavy atom. The number of rotatable bonds is 8. The molecule has 0 aliphatic carbocycles. The second-order valence-electron chi connectivity index (χ2n) is 7.49. The Morgan fingerprint density at radius 1 is 1.04 bits per heavy atom. The SMILES string of the molecule is OCC1CCCCN1CCn1cnc(-c2ccccc2)c1CCn1cccn1. The molecule has 1 atom stereocenters. The molecule has 1 N–H and O–H groups in total. The van der Waals surface area contributed by atoms with E-state index in [0.717, 1.165) is 50.3 Å². The van der Waals surface area contributed by atoms with E-state index in [1.54, 1.807) is 0 Å². The van der Waals surface area contributed by atoms with Crippen LogP contribution in [0.1, 0.15) is 25.0 Å². The van der Waals surface area contributed by atoms with Crippen LogP contribution in [0.5, 0.6) is 0 Å². The Hall–Kier alpha value is -2.44. The Labute approximate surface area is 166 Å². The van der Waals surface area contributed by atoms with Gasteiger partial charge in [-0.2, -0.15) is 5.10 Å². The minimum Gasteiger partial charge on any atom is -0.395 e. The Kier molecular flexibility index (Phi) is 6.19. The highest BCUT2D eigenvalue weighted by molar-refractivity contribution is 5.61. The van der Waals surface area contributed by atoms with E-state index in [-0.39, 0.29) is 6.61 Å². The van der Waals surface area contributed by atoms with Gasteiger partial charge in [0.05, 0.1) is 18.6 Å². The van der Waals surface area contributed by atoms with E-state index >= 15 is 0 Å². The fourth-order valence-electron chi connectivity index (χ4n) is 4.15. The van der Waals surface area contributed by atoms with E-state index in [0.29, 0.717) is 6.04 Å². The van der Waals surface area contributed by atoms with Crippen LogP contribution in [0.15, 0.2) is 55.1 Å². The summed E-state index contributed by atoms with van der Waals surface area (Å²) in [6.45, 7) is 4.01. The van der Waals surface area contributed by atoms with Crippen LogP contribution in [0.2, 0.25) is 0 Å². The van der Waals surface area contributed by atoms with Gasteiger partial charge in [-0.05, 0) is 25.5 Å². The Bertz CT molecular complexity index is 843. The number of benzene rings is 1. The fourth-order valence-corrected chi connectivity index (χ4v) is 4.15. The first-order valence-corrected chi connectivity index (χ1v) is 10.3. The summed E-state index contributed by atoms with van der Waals surface area (Å²) in [7, 11) is 0. The summed E-state index contributed by atoms with van der Waals surface area (Å²) >= 11 is 0. The van der Waals surface area contributed by atoms with Gasteiger partial charge in [0.2, 0.25) is 0 Å². The Balaban J connectivity index is 1.53. The third-order valence-electron chi connectivity index (χ3n) is 5.72. The molecule has 1 aliphatic rings. The maximum absolute atomic E-state index is 9.69. The zero-order chi connectivity index (χ0) is 19.2. The molecule has 6 nitrogen and oxygen atoms in total. The summed E-state index contributed by atoms with van der Waals surface area (Å²) in [6, 6.07) is 12.7. The predicted octanol–water partition coefficient (Wildman–Crippen LogP) is 2.84. The van der Waals surface area contributed by atoms with Gasteiger partial charge >= 0.3 is 0 Å². The molecule has 0 saturated carbocycles. The maximum Gasteiger partial charge on any atom is 0.0956 e. The van der Waals surface area contributed by atoms with Crippen molar-refractivity contribution in [3.8, 4) is 11.3 Å². The van der Waals surface area contributed by atoms with Gasteiger partial charge in [0.1, 0.15) is 0 Å². The molecule has 4 rings (SSSR count). The van der Waals surface area contributed by atoms with E-state index in [9.17, 15) is 5.11 Å². The highest BCUT2D eigenvalue weighted by Gasteiger charge is 2.22. The van der Waals surface area contributed by atoms with E-state index in [1.165, 1.54) is 18.5 Å². The molecule has 0 bridgehead atoms. The average Bonchev–Trinajstić information content (AvgIpc) is 3.41. The molecule has 28 heavy (non-hydrogen) atoms. The van der Waals surface area contributed by atoms with Gasteiger partial charge in [-0.1, -0.05) is 36.8 Å². The largest absolute Gasteiger partial charge is 0.395 e. The zero-order valence-corrected chi connectivity index (χ0v) is 16.3. The lowest BCUT2D eigenvalue weighted by atomic mass is 10.0. The van der Waals surface area contributed by atoms with Crippen molar-refractivity contribution in [1.29, 1.82) is 0 Å². The second kappa shape index (κ2) is 9.17. The van der Waals surface area contributed by atoms with Crippen LogP contribution in [-0.2, 0) is 19.5 Å². The summed E-state index contributed by atoms with van der Waals surface area (Å²) in [5, 5.41) is 14.0. The molecule has 1 fully saturated rings. The number of likely N-dealkylation sites (tertiary alicyclic amines) is 1. The van der Waals surface area contributed by atoms with Crippen LogP contribution in [0, 0.1) is 0 Å². The lowest BCUT2D eigenvalue weighted by Gasteiger charge is -2.34. The van der Waals surface area contributed by atoms with Crippen molar-refractivity contribution in [2.45, 2.75) is 44.8 Å². The lowest BCUT2D eigenvalue weighted by Crippen LogP contribution is -2.43. The summed E-state index contributed by atoms with van der Waals surface area (Å²) in [5.41, 5.74) is 3.47.